The molecule has 1 aliphatic heterocycles. The van der Waals surface area contributed by atoms with Crippen LogP contribution >= 0.6 is 11.8 Å². The Labute approximate surface area is 158 Å². The number of cyclic esters (lactones) is 1. The van der Waals surface area contributed by atoms with Crippen molar-refractivity contribution in [3.8, 4) is 0 Å². The maximum Gasteiger partial charge on any atom is 0.339 e. The molecule has 140 valence electrons. The molecule has 0 spiro atoms. The van der Waals surface area contributed by atoms with E-state index in [0.29, 0.717) is 11.9 Å². The van der Waals surface area contributed by atoms with Crippen LogP contribution in [0.4, 0.5) is 0 Å². The monoisotopic (exact) mass is 362 g/mol. The third-order valence-corrected chi connectivity index (χ3v) is 6.25. The number of unbranched alkanes of at least 4 members (excludes halogenated alkanes) is 10. The molecule has 1 heterocycles. The normalized spacial score (nSPS) is 17.0. The van der Waals surface area contributed by atoms with Crippen molar-refractivity contribution in [2.45, 2.75) is 94.1 Å². The predicted octanol–water partition coefficient (Wildman–Crippen LogP) is 7.02. The number of benzene rings is 1. The number of thioether (sulfide) groups is 1. The molecule has 0 amide bonds. The van der Waals surface area contributed by atoms with E-state index >= 15 is 0 Å². The van der Waals surface area contributed by atoms with Gasteiger partial charge in [-0.2, -0.15) is 0 Å². The molecule has 0 saturated carbocycles. The molecule has 0 aromatic heterocycles. The first-order valence-corrected chi connectivity index (χ1v) is 11.1. The van der Waals surface area contributed by atoms with Gasteiger partial charge >= 0.3 is 5.97 Å². The highest BCUT2D eigenvalue weighted by Crippen LogP contribution is 2.33. The first-order chi connectivity index (χ1) is 12.3. The Morgan fingerprint density at radius 1 is 0.920 bits per heavy atom. The molecule has 3 heteroatoms. The second kappa shape index (κ2) is 12.4. The molecule has 0 bridgehead atoms. The number of ether oxygens (including phenoxy) is 1. The van der Waals surface area contributed by atoms with Gasteiger partial charge in [0.25, 0.3) is 0 Å². The van der Waals surface area contributed by atoms with Gasteiger partial charge in [-0.3, -0.25) is 0 Å². The SMILES string of the molecule is CCCCCCCCCCCCCC1COC(=O)c2ccccc2S1. The molecule has 1 aromatic rings. The van der Waals surface area contributed by atoms with Gasteiger partial charge in [0.05, 0.1) is 5.56 Å². The topological polar surface area (TPSA) is 26.3 Å². The predicted molar refractivity (Wildman–Crippen MR) is 107 cm³/mol. The third kappa shape index (κ3) is 7.85. The molecular formula is C22H34O2S. The van der Waals surface area contributed by atoms with Gasteiger partial charge < -0.3 is 4.74 Å². The number of hydrogen-bond acceptors (Lipinski definition) is 3. The number of fused-ring (bicyclic) bond motifs is 1. The Bertz CT molecular complexity index is 501. The van der Waals surface area contributed by atoms with E-state index in [4.69, 9.17) is 4.74 Å². The Morgan fingerprint density at radius 2 is 1.52 bits per heavy atom. The van der Waals surface area contributed by atoms with E-state index in [2.05, 4.69) is 6.92 Å². The first kappa shape index (κ1) is 20.4. The Morgan fingerprint density at radius 3 is 2.20 bits per heavy atom. The van der Waals surface area contributed by atoms with E-state index in [1.165, 1.54) is 70.6 Å². The molecule has 0 radical (unpaired) electrons. The molecule has 2 nitrogen and oxygen atoms in total. The van der Waals surface area contributed by atoms with Crippen molar-refractivity contribution in [2.24, 2.45) is 0 Å². The van der Waals surface area contributed by atoms with Gasteiger partial charge in [0.1, 0.15) is 6.61 Å². The summed E-state index contributed by atoms with van der Waals surface area (Å²) >= 11 is 1.82. The minimum atomic E-state index is -0.162. The van der Waals surface area contributed by atoms with Crippen LogP contribution in [-0.2, 0) is 4.74 Å². The van der Waals surface area contributed by atoms with Crippen molar-refractivity contribution in [1.82, 2.24) is 0 Å². The Kier molecular flexibility index (Phi) is 10.1. The largest absolute Gasteiger partial charge is 0.461 e. The lowest BCUT2D eigenvalue weighted by atomic mass is 10.0. The second-order valence-corrected chi connectivity index (χ2v) is 8.50. The molecule has 1 aromatic carbocycles. The van der Waals surface area contributed by atoms with E-state index in [1.807, 2.05) is 36.0 Å². The fraction of sp³-hybridized carbons (Fsp3) is 0.682. The summed E-state index contributed by atoms with van der Waals surface area (Å²) in [7, 11) is 0. The highest BCUT2D eigenvalue weighted by atomic mass is 32.2. The van der Waals surface area contributed by atoms with Crippen molar-refractivity contribution < 1.29 is 9.53 Å². The lowest BCUT2D eigenvalue weighted by Gasteiger charge is -2.13. The number of rotatable bonds is 12. The quantitative estimate of drug-likeness (QED) is 0.295. The van der Waals surface area contributed by atoms with Crippen LogP contribution in [0.3, 0.4) is 0 Å². The van der Waals surface area contributed by atoms with Gasteiger partial charge in [0.2, 0.25) is 0 Å². The zero-order chi connectivity index (χ0) is 17.7. The molecule has 1 unspecified atom stereocenters. The lowest BCUT2D eigenvalue weighted by Crippen LogP contribution is -2.12. The zero-order valence-electron chi connectivity index (χ0n) is 15.8. The summed E-state index contributed by atoms with van der Waals surface area (Å²) in [5.74, 6) is -0.162. The van der Waals surface area contributed by atoms with Gasteiger partial charge in [-0.05, 0) is 18.6 Å². The fourth-order valence-electron chi connectivity index (χ4n) is 3.38. The third-order valence-electron chi connectivity index (χ3n) is 4.93. The van der Waals surface area contributed by atoms with E-state index in [-0.39, 0.29) is 5.97 Å². The summed E-state index contributed by atoms with van der Waals surface area (Å²) in [6, 6.07) is 7.82. The first-order valence-electron chi connectivity index (χ1n) is 10.2. The Balaban J connectivity index is 1.52. The highest BCUT2D eigenvalue weighted by molar-refractivity contribution is 8.00. The summed E-state index contributed by atoms with van der Waals surface area (Å²) in [4.78, 5) is 13.1. The van der Waals surface area contributed by atoms with Crippen molar-refractivity contribution >= 4 is 17.7 Å². The van der Waals surface area contributed by atoms with E-state index in [0.717, 1.165) is 16.9 Å². The summed E-state index contributed by atoms with van der Waals surface area (Å²) in [5.41, 5.74) is 0.730. The van der Waals surface area contributed by atoms with Crippen LogP contribution in [0.1, 0.15) is 94.3 Å². The van der Waals surface area contributed by atoms with Crippen LogP contribution in [0.5, 0.6) is 0 Å². The van der Waals surface area contributed by atoms with Crippen molar-refractivity contribution in [2.75, 3.05) is 6.61 Å². The van der Waals surface area contributed by atoms with Crippen LogP contribution in [0.2, 0.25) is 0 Å². The standard InChI is InChI=1S/C22H34O2S/c1-2-3-4-5-6-7-8-9-10-11-12-15-19-18-24-22(23)20-16-13-14-17-21(20)25-19/h13-14,16-17,19H,2-12,15,18H2,1H3. The zero-order valence-corrected chi connectivity index (χ0v) is 16.6. The molecule has 1 atom stereocenters. The molecule has 2 rings (SSSR count). The fourth-order valence-corrected chi connectivity index (χ4v) is 4.59. The molecule has 1 aliphatic rings. The van der Waals surface area contributed by atoms with Gasteiger partial charge in [0.15, 0.2) is 0 Å². The molecule has 0 saturated heterocycles. The van der Waals surface area contributed by atoms with Crippen LogP contribution in [0.15, 0.2) is 29.2 Å². The lowest BCUT2D eigenvalue weighted by molar-refractivity contribution is 0.0505. The van der Waals surface area contributed by atoms with E-state index in [9.17, 15) is 4.79 Å². The molecule has 0 aliphatic carbocycles. The minimum Gasteiger partial charge on any atom is -0.461 e. The molecular weight excluding hydrogens is 328 g/mol. The average molecular weight is 363 g/mol. The maximum atomic E-state index is 12.0. The summed E-state index contributed by atoms with van der Waals surface area (Å²) < 4.78 is 5.43. The number of carbonyl (C=O) groups excluding carboxylic acids is 1. The Hall–Kier alpha value is -0.960. The van der Waals surface area contributed by atoms with Crippen LogP contribution in [0.25, 0.3) is 0 Å². The van der Waals surface area contributed by atoms with E-state index < -0.39 is 0 Å². The van der Waals surface area contributed by atoms with Crippen LogP contribution in [0, 0.1) is 0 Å². The van der Waals surface area contributed by atoms with Gasteiger partial charge in [0, 0.05) is 10.1 Å². The van der Waals surface area contributed by atoms with Crippen molar-refractivity contribution in [3.05, 3.63) is 29.8 Å². The highest BCUT2D eigenvalue weighted by Gasteiger charge is 2.22. The maximum absolute atomic E-state index is 12.0. The summed E-state index contributed by atoms with van der Waals surface area (Å²) in [5, 5.41) is 0.408. The van der Waals surface area contributed by atoms with Crippen LogP contribution < -0.4 is 0 Å². The second-order valence-electron chi connectivity index (χ2n) is 7.16. The summed E-state index contributed by atoms with van der Waals surface area (Å²) in [6.07, 6.45) is 16.2. The van der Waals surface area contributed by atoms with Crippen molar-refractivity contribution in [1.29, 1.82) is 0 Å². The van der Waals surface area contributed by atoms with E-state index in [1.54, 1.807) is 0 Å². The summed E-state index contributed by atoms with van der Waals surface area (Å²) in [6.45, 7) is 2.83. The molecule has 0 fully saturated rings. The van der Waals surface area contributed by atoms with Gasteiger partial charge in [-0.1, -0.05) is 89.7 Å². The van der Waals surface area contributed by atoms with Crippen molar-refractivity contribution in [3.63, 3.8) is 0 Å². The smallest absolute Gasteiger partial charge is 0.339 e. The number of carbonyl (C=O) groups is 1. The van der Waals surface area contributed by atoms with Gasteiger partial charge in [-0.15, -0.1) is 11.8 Å². The molecule has 0 N–H and O–H groups in total. The number of hydrogen-bond donors (Lipinski definition) is 0. The number of esters is 1. The minimum absolute atomic E-state index is 0.162. The molecule has 25 heavy (non-hydrogen) atoms. The van der Waals surface area contributed by atoms with Gasteiger partial charge in [-0.25, -0.2) is 4.79 Å². The average Bonchev–Trinajstić information content (AvgIpc) is 2.79. The van der Waals surface area contributed by atoms with Crippen LogP contribution in [-0.4, -0.2) is 17.8 Å².